The normalized spacial score (nSPS) is 23.4. The molecule has 2 aliphatic rings. The summed E-state index contributed by atoms with van der Waals surface area (Å²) in [6.45, 7) is 8.73. The number of carbonyl (C=O) groups excluding carboxylic acids is 1. The molecular formula is C16H31N3O. The van der Waals surface area contributed by atoms with Gasteiger partial charge in [0.05, 0.1) is 0 Å². The molecule has 2 aliphatic heterocycles. The number of rotatable bonds is 6. The molecule has 0 bridgehead atoms. The van der Waals surface area contributed by atoms with Crippen molar-refractivity contribution in [3.63, 3.8) is 0 Å². The molecule has 0 aromatic heterocycles. The van der Waals surface area contributed by atoms with E-state index in [1.54, 1.807) is 0 Å². The predicted octanol–water partition coefficient (Wildman–Crippen LogP) is 1.61. The number of amides is 1. The van der Waals surface area contributed by atoms with Crippen LogP contribution in [0, 0.1) is 11.8 Å². The van der Waals surface area contributed by atoms with Crippen LogP contribution in [-0.4, -0.2) is 50.1 Å². The van der Waals surface area contributed by atoms with E-state index in [-0.39, 0.29) is 5.91 Å². The van der Waals surface area contributed by atoms with Crippen molar-refractivity contribution in [2.45, 2.75) is 45.4 Å². The summed E-state index contributed by atoms with van der Waals surface area (Å²) in [5.41, 5.74) is 0. The van der Waals surface area contributed by atoms with Crippen LogP contribution in [0.5, 0.6) is 0 Å². The number of carbonyl (C=O) groups is 1. The van der Waals surface area contributed by atoms with E-state index in [2.05, 4.69) is 22.5 Å². The first-order valence-corrected chi connectivity index (χ1v) is 8.45. The van der Waals surface area contributed by atoms with E-state index in [4.69, 9.17) is 0 Å². The van der Waals surface area contributed by atoms with Crippen molar-refractivity contribution in [1.29, 1.82) is 0 Å². The third kappa shape index (κ3) is 5.41. The lowest BCUT2D eigenvalue weighted by molar-refractivity contribution is -0.122. The topological polar surface area (TPSA) is 44.4 Å². The fraction of sp³-hybridized carbons (Fsp3) is 0.938. The van der Waals surface area contributed by atoms with E-state index in [1.165, 1.54) is 45.2 Å². The highest BCUT2D eigenvalue weighted by Crippen LogP contribution is 2.24. The zero-order valence-electron chi connectivity index (χ0n) is 13.0. The average molecular weight is 281 g/mol. The highest BCUT2D eigenvalue weighted by molar-refractivity contribution is 5.76. The molecule has 0 radical (unpaired) electrons. The van der Waals surface area contributed by atoms with Gasteiger partial charge in [-0.15, -0.1) is 0 Å². The molecule has 2 fully saturated rings. The third-order valence-electron chi connectivity index (χ3n) is 4.89. The zero-order valence-corrected chi connectivity index (χ0v) is 13.0. The van der Waals surface area contributed by atoms with E-state index in [0.717, 1.165) is 32.1 Å². The number of nitrogens with zero attached hydrogens (tertiary/aromatic N) is 1. The molecule has 2 N–H and O–H groups in total. The number of nitrogens with one attached hydrogen (secondary N) is 2. The van der Waals surface area contributed by atoms with Crippen molar-refractivity contribution in [1.82, 2.24) is 15.5 Å². The fourth-order valence-corrected chi connectivity index (χ4v) is 3.48. The van der Waals surface area contributed by atoms with Crippen LogP contribution < -0.4 is 10.6 Å². The Bertz CT molecular complexity index is 283. The van der Waals surface area contributed by atoms with Gasteiger partial charge in [-0.05, 0) is 63.7 Å². The second kappa shape index (κ2) is 8.63. The molecule has 2 heterocycles. The van der Waals surface area contributed by atoms with Crippen molar-refractivity contribution in [2.75, 3.05) is 39.3 Å². The van der Waals surface area contributed by atoms with Gasteiger partial charge in [0.15, 0.2) is 0 Å². The van der Waals surface area contributed by atoms with Crippen molar-refractivity contribution < 1.29 is 4.79 Å². The lowest BCUT2D eigenvalue weighted by Gasteiger charge is -2.28. The van der Waals surface area contributed by atoms with Crippen molar-refractivity contribution >= 4 is 5.91 Å². The minimum Gasteiger partial charge on any atom is -0.355 e. The second-order valence-corrected chi connectivity index (χ2v) is 6.52. The summed E-state index contributed by atoms with van der Waals surface area (Å²) in [6, 6.07) is 0. The first kappa shape index (κ1) is 15.8. The van der Waals surface area contributed by atoms with Gasteiger partial charge < -0.3 is 15.5 Å². The largest absolute Gasteiger partial charge is 0.355 e. The maximum Gasteiger partial charge on any atom is 0.220 e. The molecule has 4 nitrogen and oxygen atoms in total. The molecule has 0 aliphatic carbocycles. The highest BCUT2D eigenvalue weighted by atomic mass is 16.1. The Morgan fingerprint density at radius 2 is 1.95 bits per heavy atom. The number of likely N-dealkylation sites (tertiary alicyclic amines) is 1. The van der Waals surface area contributed by atoms with Crippen LogP contribution in [0.4, 0.5) is 0 Å². The van der Waals surface area contributed by atoms with Gasteiger partial charge in [0.2, 0.25) is 5.91 Å². The van der Waals surface area contributed by atoms with Crippen LogP contribution >= 0.6 is 0 Å². The molecule has 4 heteroatoms. The van der Waals surface area contributed by atoms with Gasteiger partial charge in [-0.3, -0.25) is 4.79 Å². The first-order valence-electron chi connectivity index (χ1n) is 8.45. The van der Waals surface area contributed by atoms with Gasteiger partial charge in [-0.1, -0.05) is 13.3 Å². The lowest BCUT2D eigenvalue weighted by Crippen LogP contribution is -2.38. The molecular weight excluding hydrogens is 250 g/mol. The van der Waals surface area contributed by atoms with Gasteiger partial charge in [-0.25, -0.2) is 0 Å². The summed E-state index contributed by atoms with van der Waals surface area (Å²) < 4.78 is 0. The summed E-state index contributed by atoms with van der Waals surface area (Å²) >= 11 is 0. The second-order valence-electron chi connectivity index (χ2n) is 6.52. The van der Waals surface area contributed by atoms with Crippen LogP contribution in [0.3, 0.4) is 0 Å². The van der Waals surface area contributed by atoms with E-state index < -0.39 is 0 Å². The Morgan fingerprint density at radius 3 is 2.65 bits per heavy atom. The molecule has 0 saturated carbocycles. The minimum absolute atomic E-state index is 0.244. The summed E-state index contributed by atoms with van der Waals surface area (Å²) in [5.74, 6) is 1.49. The Kier molecular flexibility index (Phi) is 6.80. The Morgan fingerprint density at radius 1 is 1.25 bits per heavy atom. The summed E-state index contributed by atoms with van der Waals surface area (Å²) in [6.07, 6.45) is 7.16. The van der Waals surface area contributed by atoms with E-state index >= 15 is 0 Å². The molecule has 2 rings (SSSR count). The third-order valence-corrected chi connectivity index (χ3v) is 4.89. The number of hydrogen-bond donors (Lipinski definition) is 2. The monoisotopic (exact) mass is 281 g/mol. The molecule has 1 atom stereocenters. The van der Waals surface area contributed by atoms with Crippen LogP contribution in [0.1, 0.15) is 45.4 Å². The van der Waals surface area contributed by atoms with Gasteiger partial charge in [-0.2, -0.15) is 0 Å². The van der Waals surface area contributed by atoms with Crippen molar-refractivity contribution in [3.05, 3.63) is 0 Å². The lowest BCUT2D eigenvalue weighted by atomic mass is 9.84. The Labute approximate surface area is 123 Å². The van der Waals surface area contributed by atoms with E-state index in [9.17, 15) is 4.79 Å². The maximum atomic E-state index is 12.0. The summed E-state index contributed by atoms with van der Waals surface area (Å²) in [4.78, 5) is 14.5. The molecule has 1 unspecified atom stereocenters. The van der Waals surface area contributed by atoms with E-state index in [0.29, 0.717) is 12.3 Å². The molecule has 20 heavy (non-hydrogen) atoms. The smallest absolute Gasteiger partial charge is 0.220 e. The van der Waals surface area contributed by atoms with Gasteiger partial charge in [0.1, 0.15) is 0 Å². The standard InChI is InChI=1S/C16H31N3O/c1-14(15-5-7-17-8-6-15)13-16(20)18-9-12-19-10-3-2-4-11-19/h14-15,17H,2-13H2,1H3,(H,18,20). The number of piperidine rings is 2. The molecule has 1 amide bonds. The van der Waals surface area contributed by atoms with Crippen molar-refractivity contribution in [3.8, 4) is 0 Å². The zero-order chi connectivity index (χ0) is 14.2. The maximum absolute atomic E-state index is 12.0. The molecule has 2 saturated heterocycles. The van der Waals surface area contributed by atoms with E-state index in [1.807, 2.05) is 0 Å². The summed E-state index contributed by atoms with van der Waals surface area (Å²) in [5, 5.41) is 6.49. The predicted molar refractivity (Wildman–Crippen MR) is 82.7 cm³/mol. The highest BCUT2D eigenvalue weighted by Gasteiger charge is 2.21. The van der Waals surface area contributed by atoms with Crippen molar-refractivity contribution in [2.24, 2.45) is 11.8 Å². The molecule has 0 aromatic carbocycles. The minimum atomic E-state index is 0.244. The SMILES string of the molecule is CC(CC(=O)NCCN1CCCCC1)C1CCNCC1. The summed E-state index contributed by atoms with van der Waals surface area (Å²) in [7, 11) is 0. The van der Waals surface area contributed by atoms with Crippen LogP contribution in [0.25, 0.3) is 0 Å². The number of hydrogen-bond acceptors (Lipinski definition) is 3. The quantitative estimate of drug-likeness (QED) is 0.777. The first-order chi connectivity index (χ1) is 9.75. The average Bonchev–Trinajstić information content (AvgIpc) is 2.49. The van der Waals surface area contributed by atoms with Gasteiger partial charge in [0.25, 0.3) is 0 Å². The van der Waals surface area contributed by atoms with Gasteiger partial charge in [0, 0.05) is 19.5 Å². The van der Waals surface area contributed by atoms with Crippen LogP contribution in [-0.2, 0) is 4.79 Å². The Hall–Kier alpha value is -0.610. The molecule has 0 aromatic rings. The Balaban J connectivity index is 1.57. The fourth-order valence-electron chi connectivity index (χ4n) is 3.48. The molecule has 0 spiro atoms. The van der Waals surface area contributed by atoms with Crippen LogP contribution in [0.2, 0.25) is 0 Å². The molecule has 116 valence electrons. The van der Waals surface area contributed by atoms with Gasteiger partial charge >= 0.3 is 0 Å². The van der Waals surface area contributed by atoms with Crippen LogP contribution in [0.15, 0.2) is 0 Å².